The van der Waals surface area contributed by atoms with Crippen LogP contribution < -0.4 is 10.2 Å². The molecule has 2 saturated heterocycles. The number of anilines is 1. The second-order valence-corrected chi connectivity index (χ2v) is 13.4. The summed E-state index contributed by atoms with van der Waals surface area (Å²) in [4.78, 5) is 57.9. The van der Waals surface area contributed by atoms with Gasteiger partial charge in [-0.2, -0.15) is 0 Å². The largest absolute Gasteiger partial charge is 0.378 e. The fourth-order valence-corrected chi connectivity index (χ4v) is 6.80. The van der Waals surface area contributed by atoms with Gasteiger partial charge in [-0.1, -0.05) is 32.0 Å². The van der Waals surface area contributed by atoms with E-state index < -0.39 is 33.9 Å². The van der Waals surface area contributed by atoms with E-state index >= 15 is 0 Å². The molecule has 0 saturated carbocycles. The molecule has 3 amide bonds. The first-order chi connectivity index (χ1) is 19.4. The van der Waals surface area contributed by atoms with Crippen LogP contribution in [0.2, 0.25) is 0 Å². The normalized spacial score (nSPS) is 19.3. The van der Waals surface area contributed by atoms with Crippen molar-refractivity contribution in [1.82, 2.24) is 15.1 Å². The lowest BCUT2D eigenvalue weighted by Crippen LogP contribution is -2.53. The van der Waals surface area contributed by atoms with Crippen LogP contribution in [0.15, 0.2) is 59.5 Å². The number of carbonyl (C=O) groups is 4. The van der Waals surface area contributed by atoms with Gasteiger partial charge in [0, 0.05) is 38.3 Å². The van der Waals surface area contributed by atoms with Gasteiger partial charge >= 0.3 is 0 Å². The van der Waals surface area contributed by atoms with Gasteiger partial charge in [0.2, 0.25) is 11.8 Å². The second kappa shape index (κ2) is 12.4. The molecule has 220 valence electrons. The zero-order valence-electron chi connectivity index (χ0n) is 23.9. The van der Waals surface area contributed by atoms with E-state index in [1.54, 1.807) is 30.3 Å². The zero-order valence-corrected chi connectivity index (χ0v) is 24.8. The highest BCUT2D eigenvalue weighted by Crippen LogP contribution is 2.31. The van der Waals surface area contributed by atoms with Gasteiger partial charge in [-0.3, -0.25) is 19.2 Å². The van der Waals surface area contributed by atoms with Crippen molar-refractivity contribution < 1.29 is 27.6 Å². The van der Waals surface area contributed by atoms with E-state index in [1.165, 1.54) is 21.9 Å². The number of ketones is 1. The Morgan fingerprint density at radius 3 is 2.27 bits per heavy atom. The number of likely N-dealkylation sites (tertiary alicyclic amines) is 2. The monoisotopic (exact) mass is 582 g/mol. The van der Waals surface area contributed by atoms with Crippen molar-refractivity contribution in [2.75, 3.05) is 37.8 Å². The fourth-order valence-electron chi connectivity index (χ4n) is 5.55. The molecule has 0 bridgehead atoms. The molecule has 10 nitrogen and oxygen atoms in total. The number of hydrogen-bond acceptors (Lipinski definition) is 7. The molecule has 0 aliphatic carbocycles. The minimum Gasteiger partial charge on any atom is -0.378 e. The second-order valence-electron chi connectivity index (χ2n) is 11.3. The number of rotatable bonds is 10. The highest BCUT2D eigenvalue weighted by atomic mass is 32.2. The molecule has 0 spiro atoms. The maximum Gasteiger partial charge on any atom is 0.251 e. The molecule has 4 rings (SSSR count). The van der Waals surface area contributed by atoms with Gasteiger partial charge in [-0.15, -0.1) is 0 Å². The average molecular weight is 583 g/mol. The van der Waals surface area contributed by atoms with Crippen LogP contribution in [0, 0.1) is 5.92 Å². The Morgan fingerprint density at radius 1 is 1.00 bits per heavy atom. The number of sulfone groups is 1. The van der Waals surface area contributed by atoms with E-state index in [2.05, 4.69) is 5.32 Å². The van der Waals surface area contributed by atoms with Crippen LogP contribution >= 0.6 is 0 Å². The topological polar surface area (TPSA) is 124 Å². The van der Waals surface area contributed by atoms with Crippen molar-refractivity contribution in [2.45, 2.75) is 56.1 Å². The molecule has 1 N–H and O–H groups in total. The van der Waals surface area contributed by atoms with Gasteiger partial charge < -0.3 is 20.0 Å². The van der Waals surface area contributed by atoms with Crippen molar-refractivity contribution >= 4 is 39.0 Å². The smallest absolute Gasteiger partial charge is 0.251 e. The van der Waals surface area contributed by atoms with Gasteiger partial charge in [0.25, 0.3) is 5.91 Å². The highest BCUT2D eigenvalue weighted by Gasteiger charge is 2.52. The lowest BCUT2D eigenvalue weighted by atomic mass is 10.0. The Kier molecular flexibility index (Phi) is 9.16. The Labute approximate surface area is 241 Å². The third-order valence-corrected chi connectivity index (χ3v) is 9.40. The van der Waals surface area contributed by atoms with Crippen LogP contribution in [-0.2, 0) is 24.2 Å². The van der Waals surface area contributed by atoms with E-state index in [9.17, 15) is 27.6 Å². The van der Waals surface area contributed by atoms with E-state index in [0.717, 1.165) is 5.69 Å². The first kappa shape index (κ1) is 30.2. The molecule has 2 heterocycles. The van der Waals surface area contributed by atoms with Gasteiger partial charge in [0.05, 0.1) is 23.2 Å². The third-order valence-electron chi connectivity index (χ3n) is 7.67. The number of hydrogen-bond donors (Lipinski definition) is 1. The first-order valence-corrected chi connectivity index (χ1v) is 15.5. The van der Waals surface area contributed by atoms with Crippen molar-refractivity contribution in [3.8, 4) is 0 Å². The van der Waals surface area contributed by atoms with Crippen molar-refractivity contribution in [2.24, 2.45) is 5.92 Å². The summed E-state index contributed by atoms with van der Waals surface area (Å²) in [5.74, 6) is -1.67. The van der Waals surface area contributed by atoms with E-state index in [4.69, 9.17) is 0 Å². The fraction of sp³-hybridized carbons (Fsp3) is 0.467. The molecular formula is C30H38N4O6S. The van der Waals surface area contributed by atoms with Gasteiger partial charge in [-0.05, 0) is 55.2 Å². The lowest BCUT2D eigenvalue weighted by molar-refractivity contribution is -0.138. The predicted molar refractivity (Wildman–Crippen MR) is 155 cm³/mol. The SMILES string of the molecule is CC(C)CC(NC(=O)c1ccc(N(C)C)cc1)C(=O)N1CCC2C1C(=O)CN2C(=O)CCS(=O)(=O)c1ccccc1. The summed E-state index contributed by atoms with van der Waals surface area (Å²) in [7, 11) is 0.160. The molecule has 2 fully saturated rings. The van der Waals surface area contributed by atoms with Gasteiger partial charge in [-0.25, -0.2) is 8.42 Å². The van der Waals surface area contributed by atoms with Crippen LogP contribution in [0.3, 0.4) is 0 Å². The number of nitrogens with one attached hydrogen (secondary N) is 1. The molecular weight excluding hydrogens is 544 g/mol. The summed E-state index contributed by atoms with van der Waals surface area (Å²) < 4.78 is 25.3. The molecule has 2 aliphatic heterocycles. The zero-order chi connectivity index (χ0) is 29.9. The summed E-state index contributed by atoms with van der Waals surface area (Å²) in [5.41, 5.74) is 1.37. The molecule has 2 aromatic carbocycles. The number of benzene rings is 2. The number of Topliss-reactive ketones (excluding diaryl/α,β-unsaturated/α-hetero) is 1. The summed E-state index contributed by atoms with van der Waals surface area (Å²) in [6, 6.07) is 12.9. The Bertz CT molecular complexity index is 1390. The van der Waals surface area contributed by atoms with E-state index in [1.807, 2.05) is 45.0 Å². The van der Waals surface area contributed by atoms with Crippen LogP contribution in [0.25, 0.3) is 0 Å². The van der Waals surface area contributed by atoms with Crippen molar-refractivity contribution in [3.05, 3.63) is 60.2 Å². The predicted octanol–water partition coefficient (Wildman–Crippen LogP) is 2.14. The Morgan fingerprint density at radius 2 is 1.66 bits per heavy atom. The number of carbonyl (C=O) groups excluding carboxylic acids is 4. The first-order valence-electron chi connectivity index (χ1n) is 13.9. The summed E-state index contributed by atoms with van der Waals surface area (Å²) in [6.45, 7) is 4.02. The Hall–Kier alpha value is -3.73. The number of nitrogens with zero attached hydrogens (tertiary/aromatic N) is 3. The summed E-state index contributed by atoms with van der Waals surface area (Å²) in [5, 5.41) is 2.87. The van der Waals surface area contributed by atoms with Crippen LogP contribution in [0.4, 0.5) is 5.69 Å². The molecule has 3 atom stereocenters. The average Bonchev–Trinajstić information content (AvgIpc) is 3.52. The maximum atomic E-state index is 13.7. The summed E-state index contributed by atoms with van der Waals surface area (Å²) in [6.07, 6.45) is 0.552. The highest BCUT2D eigenvalue weighted by molar-refractivity contribution is 7.91. The number of fused-ring (bicyclic) bond motifs is 1. The molecule has 11 heteroatoms. The quantitative estimate of drug-likeness (QED) is 0.455. The summed E-state index contributed by atoms with van der Waals surface area (Å²) >= 11 is 0. The van der Waals surface area contributed by atoms with Gasteiger partial charge in [0.15, 0.2) is 15.6 Å². The lowest BCUT2D eigenvalue weighted by Gasteiger charge is -2.29. The van der Waals surface area contributed by atoms with Crippen LogP contribution in [0.5, 0.6) is 0 Å². The number of amides is 3. The van der Waals surface area contributed by atoms with E-state index in [-0.39, 0.29) is 53.7 Å². The molecule has 0 radical (unpaired) electrons. The standard InChI is InChI=1S/C30H38N4O6S/c1-20(2)18-24(31-29(37)21-10-12-22(13-11-21)32(3)4)30(38)33-16-14-25-28(33)26(35)19-34(25)27(36)15-17-41(39,40)23-8-6-5-7-9-23/h5-13,20,24-25,28H,14-19H2,1-4H3,(H,31,37). The van der Waals surface area contributed by atoms with E-state index in [0.29, 0.717) is 18.4 Å². The third kappa shape index (κ3) is 6.78. The minimum atomic E-state index is -3.65. The maximum absolute atomic E-state index is 13.7. The molecule has 3 unspecified atom stereocenters. The minimum absolute atomic E-state index is 0.0997. The van der Waals surface area contributed by atoms with Crippen LogP contribution in [-0.4, -0.2) is 92.8 Å². The Balaban J connectivity index is 1.43. The molecule has 2 aromatic rings. The van der Waals surface area contributed by atoms with Crippen LogP contribution in [0.1, 0.15) is 43.5 Å². The molecule has 0 aromatic heterocycles. The van der Waals surface area contributed by atoms with Crippen molar-refractivity contribution in [3.63, 3.8) is 0 Å². The van der Waals surface area contributed by atoms with Crippen molar-refractivity contribution in [1.29, 1.82) is 0 Å². The molecule has 2 aliphatic rings. The molecule has 41 heavy (non-hydrogen) atoms. The van der Waals surface area contributed by atoms with Gasteiger partial charge in [0.1, 0.15) is 12.1 Å².